The lowest BCUT2D eigenvalue weighted by molar-refractivity contribution is -0.139. The fourth-order valence-electron chi connectivity index (χ4n) is 7.71. The molecule has 7 atom stereocenters. The highest BCUT2D eigenvalue weighted by Crippen LogP contribution is 2.65. The molecule has 168 valence electrons. The summed E-state index contributed by atoms with van der Waals surface area (Å²) in [6, 6.07) is 0.357. The minimum absolute atomic E-state index is 0.118. The molecule has 4 aliphatic rings. The van der Waals surface area contributed by atoms with Crippen LogP contribution in [0.3, 0.4) is 0 Å². The van der Waals surface area contributed by atoms with Crippen LogP contribution in [0, 0.1) is 34.5 Å². The van der Waals surface area contributed by atoms with Crippen molar-refractivity contribution in [3.63, 3.8) is 0 Å². The quantitative estimate of drug-likeness (QED) is 0.696. The lowest BCUT2D eigenvalue weighted by atomic mass is 9.47. The molecular formula is C25H40N2O2S. The first-order chi connectivity index (χ1) is 14.2. The molecule has 3 aliphatic carbocycles. The minimum atomic E-state index is 0.118. The lowest BCUT2D eigenvalue weighted by Gasteiger charge is -2.60. The first-order valence-electron chi connectivity index (χ1n) is 12.0. The Labute approximate surface area is 187 Å². The summed E-state index contributed by atoms with van der Waals surface area (Å²) >= 11 is 1.72. The molecule has 0 bridgehead atoms. The number of amides is 2. The fraction of sp³-hybridized carbons (Fsp3) is 0.840. The maximum atomic E-state index is 12.3. The molecule has 0 saturated heterocycles. The summed E-state index contributed by atoms with van der Waals surface area (Å²) in [6.07, 6.45) is 11.5. The molecule has 0 aromatic rings. The molecule has 0 radical (unpaired) electrons. The molecule has 3 fully saturated rings. The van der Waals surface area contributed by atoms with Crippen molar-refractivity contribution < 1.29 is 9.59 Å². The van der Waals surface area contributed by atoms with E-state index >= 15 is 0 Å². The maximum Gasteiger partial charge on any atom is 0.246 e. The molecule has 0 aromatic heterocycles. The first kappa shape index (κ1) is 22.2. The van der Waals surface area contributed by atoms with Crippen LogP contribution in [0.5, 0.6) is 0 Å². The van der Waals surface area contributed by atoms with Gasteiger partial charge in [-0.3, -0.25) is 9.59 Å². The Morgan fingerprint density at radius 2 is 1.97 bits per heavy atom. The van der Waals surface area contributed by atoms with Crippen molar-refractivity contribution in [1.29, 1.82) is 0 Å². The van der Waals surface area contributed by atoms with Crippen LogP contribution in [0.2, 0.25) is 0 Å². The second-order valence-electron chi connectivity index (χ2n) is 11.1. The van der Waals surface area contributed by atoms with Gasteiger partial charge in [-0.1, -0.05) is 33.8 Å². The number of hydrogen-bond donors (Lipinski definition) is 1. The molecule has 0 spiro atoms. The molecule has 4 rings (SSSR count). The Kier molecular flexibility index (Phi) is 6.06. The Bertz CT molecular complexity index is 722. The molecule has 4 nitrogen and oxygen atoms in total. The summed E-state index contributed by atoms with van der Waals surface area (Å²) in [5.74, 6) is 3.75. The standard InChI is InChI=1S/C25H40N2O2S/c1-16(2)30-15-22(28)26-14-17-6-8-19-18-7-9-21-25(4,13-11-23(29)27(21)5)20(18)10-12-24(17,19)3/h11,13,16-21H,6-10,12,14-15H2,1-5H3,(H,26,28)/t17-,18+,19+,20+,21-,24-,25-/m1/s1. The molecular weight excluding hydrogens is 392 g/mol. The summed E-state index contributed by atoms with van der Waals surface area (Å²) in [7, 11) is 1.99. The molecule has 5 heteroatoms. The summed E-state index contributed by atoms with van der Waals surface area (Å²) in [5, 5.41) is 3.76. The minimum Gasteiger partial charge on any atom is -0.355 e. The number of thioether (sulfide) groups is 1. The van der Waals surface area contributed by atoms with Crippen molar-refractivity contribution in [3.8, 4) is 0 Å². The van der Waals surface area contributed by atoms with E-state index in [9.17, 15) is 9.59 Å². The summed E-state index contributed by atoms with van der Waals surface area (Å²) in [4.78, 5) is 26.5. The Morgan fingerprint density at radius 1 is 1.20 bits per heavy atom. The van der Waals surface area contributed by atoms with Gasteiger partial charge in [0.05, 0.1) is 5.75 Å². The van der Waals surface area contributed by atoms with Crippen LogP contribution in [0.15, 0.2) is 12.2 Å². The van der Waals surface area contributed by atoms with Gasteiger partial charge in [-0.2, -0.15) is 0 Å². The normalized spacial score (nSPS) is 42.7. The molecule has 2 amide bonds. The molecule has 30 heavy (non-hydrogen) atoms. The van der Waals surface area contributed by atoms with E-state index in [1.54, 1.807) is 11.8 Å². The highest BCUT2D eigenvalue weighted by atomic mass is 32.2. The number of likely N-dealkylation sites (N-methyl/N-ethyl adjacent to an activating group) is 1. The van der Waals surface area contributed by atoms with E-state index in [1.807, 2.05) is 18.0 Å². The van der Waals surface area contributed by atoms with Gasteiger partial charge >= 0.3 is 0 Å². The van der Waals surface area contributed by atoms with Crippen LogP contribution in [0.4, 0.5) is 0 Å². The molecule has 1 heterocycles. The Balaban J connectivity index is 1.44. The monoisotopic (exact) mass is 432 g/mol. The number of nitrogens with zero attached hydrogens (tertiary/aromatic N) is 1. The van der Waals surface area contributed by atoms with Crippen molar-refractivity contribution in [2.45, 2.75) is 77.5 Å². The SMILES string of the molecule is CC(C)SCC(=O)NC[C@H]1CC[C@H]2[C@@H]3CC[C@H]4N(C)C(=O)C=C[C@]4(C)[C@H]3CC[C@]12C. The van der Waals surface area contributed by atoms with Crippen LogP contribution in [-0.4, -0.2) is 47.4 Å². The van der Waals surface area contributed by atoms with Gasteiger partial charge < -0.3 is 10.2 Å². The lowest BCUT2D eigenvalue weighted by Crippen LogP contribution is -2.59. The molecule has 0 unspecified atom stereocenters. The second-order valence-corrected chi connectivity index (χ2v) is 12.7. The first-order valence-corrected chi connectivity index (χ1v) is 13.1. The third-order valence-electron chi connectivity index (χ3n) is 9.42. The van der Waals surface area contributed by atoms with Crippen LogP contribution in [0.1, 0.15) is 66.2 Å². The van der Waals surface area contributed by atoms with Gasteiger partial charge in [0.1, 0.15) is 0 Å². The van der Waals surface area contributed by atoms with Crippen LogP contribution in [0.25, 0.3) is 0 Å². The fourth-order valence-corrected chi connectivity index (χ4v) is 8.30. The predicted molar refractivity (Wildman–Crippen MR) is 124 cm³/mol. The molecule has 3 saturated carbocycles. The zero-order valence-electron chi connectivity index (χ0n) is 19.4. The Hall–Kier alpha value is -0.970. The van der Waals surface area contributed by atoms with Gasteiger partial charge in [0.25, 0.3) is 0 Å². The van der Waals surface area contributed by atoms with Gasteiger partial charge in [-0.15, -0.1) is 11.8 Å². The number of rotatable bonds is 5. The van der Waals surface area contributed by atoms with Gasteiger partial charge in [-0.25, -0.2) is 0 Å². The van der Waals surface area contributed by atoms with E-state index in [1.165, 1.54) is 32.1 Å². The van der Waals surface area contributed by atoms with Crippen LogP contribution >= 0.6 is 11.8 Å². The van der Waals surface area contributed by atoms with Gasteiger partial charge in [-0.05, 0) is 78.9 Å². The van der Waals surface area contributed by atoms with Gasteiger partial charge in [0, 0.05) is 25.0 Å². The van der Waals surface area contributed by atoms with Crippen LogP contribution < -0.4 is 5.32 Å². The van der Waals surface area contributed by atoms with Crippen molar-refractivity contribution in [1.82, 2.24) is 10.2 Å². The summed E-state index contributed by atoms with van der Waals surface area (Å²) < 4.78 is 0. The number of nitrogens with one attached hydrogen (secondary N) is 1. The topological polar surface area (TPSA) is 49.4 Å². The second kappa shape index (κ2) is 8.18. The van der Waals surface area contributed by atoms with E-state index in [2.05, 4.69) is 39.1 Å². The summed E-state index contributed by atoms with van der Waals surface area (Å²) in [5.41, 5.74) is 0.468. The highest BCUT2D eigenvalue weighted by Gasteiger charge is 2.60. The Morgan fingerprint density at radius 3 is 2.70 bits per heavy atom. The van der Waals surface area contributed by atoms with Crippen molar-refractivity contribution in [2.75, 3.05) is 19.3 Å². The van der Waals surface area contributed by atoms with E-state index in [0.29, 0.717) is 34.3 Å². The van der Waals surface area contributed by atoms with E-state index < -0.39 is 0 Å². The predicted octanol–water partition coefficient (Wildman–Crippen LogP) is 4.50. The van der Waals surface area contributed by atoms with Gasteiger partial charge in [0.15, 0.2) is 0 Å². The zero-order valence-corrected chi connectivity index (χ0v) is 20.3. The van der Waals surface area contributed by atoms with Gasteiger partial charge in [0.2, 0.25) is 11.8 Å². The van der Waals surface area contributed by atoms with E-state index in [0.717, 1.165) is 24.8 Å². The third kappa shape index (κ3) is 3.63. The zero-order chi connectivity index (χ0) is 21.7. The van der Waals surface area contributed by atoms with Crippen LogP contribution in [-0.2, 0) is 9.59 Å². The number of hydrogen-bond acceptors (Lipinski definition) is 3. The summed E-state index contributed by atoms with van der Waals surface area (Å²) in [6.45, 7) is 10.1. The average Bonchev–Trinajstić information content (AvgIpc) is 3.04. The molecule has 1 aliphatic heterocycles. The van der Waals surface area contributed by atoms with Crippen molar-refractivity contribution >= 4 is 23.6 Å². The van der Waals surface area contributed by atoms with Crippen molar-refractivity contribution in [3.05, 3.63) is 12.2 Å². The number of carbonyl (C=O) groups is 2. The number of fused-ring (bicyclic) bond motifs is 5. The largest absolute Gasteiger partial charge is 0.355 e. The number of carbonyl (C=O) groups excluding carboxylic acids is 2. The maximum absolute atomic E-state index is 12.3. The highest BCUT2D eigenvalue weighted by molar-refractivity contribution is 8.00. The van der Waals surface area contributed by atoms with E-state index in [4.69, 9.17) is 0 Å². The molecule has 0 aromatic carbocycles. The third-order valence-corrected chi connectivity index (χ3v) is 10.5. The smallest absolute Gasteiger partial charge is 0.246 e. The molecule has 1 N–H and O–H groups in total. The average molecular weight is 433 g/mol. The van der Waals surface area contributed by atoms with E-state index in [-0.39, 0.29) is 17.2 Å². The van der Waals surface area contributed by atoms with Crippen molar-refractivity contribution in [2.24, 2.45) is 34.5 Å².